The molecular formula is C22H27FN8O. The summed E-state index contributed by atoms with van der Waals surface area (Å²) in [5.74, 6) is 1.15. The van der Waals surface area contributed by atoms with Crippen LogP contribution < -0.4 is 11.5 Å². The van der Waals surface area contributed by atoms with Crippen molar-refractivity contribution in [2.24, 2.45) is 22.4 Å². The average Bonchev–Trinajstić information content (AvgIpc) is 3.44. The first kappa shape index (κ1) is 22.9. The van der Waals surface area contributed by atoms with Crippen LogP contribution in [0.1, 0.15) is 37.9 Å². The van der Waals surface area contributed by atoms with Crippen LogP contribution in [0.2, 0.25) is 0 Å². The number of hydrogen-bond donors (Lipinski definition) is 2. The number of hydrogen-bond acceptors (Lipinski definition) is 8. The number of aromatic nitrogens is 5. The summed E-state index contributed by atoms with van der Waals surface area (Å²) < 4.78 is 19.6. The van der Waals surface area contributed by atoms with E-state index < -0.39 is 12.1 Å². The Balaban J connectivity index is 1.93. The van der Waals surface area contributed by atoms with Crippen molar-refractivity contribution in [3.63, 3.8) is 0 Å². The van der Waals surface area contributed by atoms with Crippen molar-refractivity contribution >= 4 is 11.8 Å². The zero-order valence-corrected chi connectivity index (χ0v) is 18.4. The van der Waals surface area contributed by atoms with Crippen molar-refractivity contribution < 1.29 is 8.91 Å². The van der Waals surface area contributed by atoms with Crippen LogP contribution in [0.15, 0.2) is 58.8 Å². The van der Waals surface area contributed by atoms with Crippen LogP contribution in [-0.2, 0) is 12.0 Å². The second-order valence-electron chi connectivity index (χ2n) is 7.76. The van der Waals surface area contributed by atoms with Crippen LogP contribution >= 0.6 is 0 Å². The highest BCUT2D eigenvalue weighted by Gasteiger charge is 2.38. The fourth-order valence-corrected chi connectivity index (χ4v) is 3.17. The van der Waals surface area contributed by atoms with Crippen LogP contribution in [0.25, 0.3) is 17.0 Å². The minimum absolute atomic E-state index is 0.126. The number of alkyl halides is 1. The van der Waals surface area contributed by atoms with E-state index in [0.717, 1.165) is 5.56 Å². The summed E-state index contributed by atoms with van der Waals surface area (Å²) in [7, 11) is 0. The van der Waals surface area contributed by atoms with Crippen molar-refractivity contribution in [3.8, 4) is 11.5 Å². The number of allylic oxidation sites excluding steroid dienone is 1. The summed E-state index contributed by atoms with van der Waals surface area (Å²) in [5, 5.41) is 8.35. The van der Waals surface area contributed by atoms with Crippen LogP contribution in [0.3, 0.4) is 0 Å². The van der Waals surface area contributed by atoms with Crippen molar-refractivity contribution in [3.05, 3.63) is 66.4 Å². The summed E-state index contributed by atoms with van der Waals surface area (Å²) in [6, 6.07) is 3.80. The molecule has 3 rings (SSSR count). The molecular weight excluding hydrogens is 411 g/mol. The molecule has 0 unspecified atom stereocenters. The Hall–Kier alpha value is -3.82. The number of rotatable bonds is 9. The van der Waals surface area contributed by atoms with Crippen molar-refractivity contribution in [2.45, 2.75) is 32.7 Å². The smallest absolute Gasteiger partial charge is 0.261 e. The normalized spacial score (nSPS) is 14.2. The number of nitrogens with two attached hydrogens (primary N) is 2. The molecule has 0 saturated carbocycles. The predicted octanol–water partition coefficient (Wildman–Crippen LogP) is 3.06. The first-order chi connectivity index (χ1) is 15.3. The van der Waals surface area contributed by atoms with E-state index in [9.17, 15) is 4.39 Å². The molecule has 0 radical (unpaired) electrons. The van der Waals surface area contributed by atoms with Crippen molar-refractivity contribution in [1.29, 1.82) is 0 Å². The minimum Gasteiger partial charge on any atom is -0.404 e. The molecule has 32 heavy (non-hydrogen) atoms. The molecule has 0 saturated heterocycles. The number of nitrogens with zero attached hydrogens (tertiary/aromatic N) is 6. The van der Waals surface area contributed by atoms with E-state index in [1.54, 1.807) is 18.6 Å². The lowest BCUT2D eigenvalue weighted by molar-refractivity contribution is 0.350. The van der Waals surface area contributed by atoms with Gasteiger partial charge in [-0.05, 0) is 24.5 Å². The summed E-state index contributed by atoms with van der Waals surface area (Å²) in [6.45, 7) is 9.40. The van der Waals surface area contributed by atoms with Gasteiger partial charge in [0, 0.05) is 30.4 Å². The summed E-state index contributed by atoms with van der Waals surface area (Å²) in [4.78, 5) is 13.1. The van der Waals surface area contributed by atoms with Gasteiger partial charge in [0.05, 0.1) is 29.4 Å². The largest absolute Gasteiger partial charge is 0.404 e. The van der Waals surface area contributed by atoms with Gasteiger partial charge in [-0.1, -0.05) is 31.6 Å². The Morgan fingerprint density at radius 2 is 2.16 bits per heavy atom. The van der Waals surface area contributed by atoms with Gasteiger partial charge >= 0.3 is 0 Å². The molecule has 9 nitrogen and oxygen atoms in total. The predicted molar refractivity (Wildman–Crippen MR) is 121 cm³/mol. The molecule has 0 amide bonds. The zero-order chi connectivity index (χ0) is 23.3. The van der Waals surface area contributed by atoms with E-state index in [0.29, 0.717) is 28.5 Å². The molecule has 0 aromatic carbocycles. The van der Waals surface area contributed by atoms with Gasteiger partial charge in [-0.15, -0.1) is 0 Å². The molecule has 0 spiro atoms. The van der Waals surface area contributed by atoms with Gasteiger partial charge < -0.3 is 16.0 Å². The molecule has 10 heteroatoms. The lowest BCUT2D eigenvalue weighted by Crippen LogP contribution is -2.31. The Morgan fingerprint density at radius 1 is 1.38 bits per heavy atom. The Morgan fingerprint density at radius 3 is 2.75 bits per heavy atom. The fourth-order valence-electron chi connectivity index (χ4n) is 3.17. The van der Waals surface area contributed by atoms with Gasteiger partial charge in [-0.2, -0.15) is 10.1 Å². The monoisotopic (exact) mass is 438 g/mol. The Labute approximate surface area is 185 Å². The third-order valence-corrected chi connectivity index (χ3v) is 5.45. The van der Waals surface area contributed by atoms with E-state index in [2.05, 4.69) is 45.6 Å². The van der Waals surface area contributed by atoms with E-state index >= 15 is 0 Å². The first-order valence-corrected chi connectivity index (χ1v) is 10.1. The third-order valence-electron chi connectivity index (χ3n) is 5.45. The SMILES string of the molecule is C=C(N)/N=C\C(=C/N)c1ccc([C@@](C)(c2noc(-c3cnn(CCF)c3)n2)C(C)C)cn1. The first-order valence-electron chi connectivity index (χ1n) is 10.1. The van der Waals surface area contributed by atoms with E-state index in [-0.39, 0.29) is 18.3 Å². The molecule has 0 fully saturated rings. The number of aryl methyl sites for hydroxylation is 1. The molecule has 0 aliphatic rings. The van der Waals surface area contributed by atoms with Gasteiger partial charge in [-0.3, -0.25) is 9.67 Å². The highest BCUT2D eigenvalue weighted by molar-refractivity contribution is 6.09. The summed E-state index contributed by atoms with van der Waals surface area (Å²) in [6.07, 6.45) is 7.94. The highest BCUT2D eigenvalue weighted by atomic mass is 19.1. The Kier molecular flexibility index (Phi) is 6.82. The Bertz CT molecular complexity index is 1130. The molecule has 3 heterocycles. The lowest BCUT2D eigenvalue weighted by Gasteiger charge is -2.30. The zero-order valence-electron chi connectivity index (χ0n) is 18.4. The van der Waals surface area contributed by atoms with Crippen LogP contribution in [0.4, 0.5) is 4.39 Å². The molecule has 1 atom stereocenters. The molecule has 0 aliphatic heterocycles. The molecule has 4 N–H and O–H groups in total. The van der Waals surface area contributed by atoms with Gasteiger partial charge in [0.15, 0.2) is 5.82 Å². The second kappa shape index (κ2) is 9.54. The molecule has 168 valence electrons. The lowest BCUT2D eigenvalue weighted by atomic mass is 9.73. The molecule has 3 aromatic rings. The number of halogens is 1. The van der Waals surface area contributed by atoms with Crippen molar-refractivity contribution in [1.82, 2.24) is 24.9 Å². The number of pyridine rings is 1. The third kappa shape index (κ3) is 4.58. The van der Waals surface area contributed by atoms with Gasteiger partial charge in [-0.25, -0.2) is 9.38 Å². The van der Waals surface area contributed by atoms with E-state index in [4.69, 9.17) is 16.0 Å². The van der Waals surface area contributed by atoms with Gasteiger partial charge in [0.1, 0.15) is 12.5 Å². The van der Waals surface area contributed by atoms with Gasteiger partial charge in [0.2, 0.25) is 0 Å². The average molecular weight is 439 g/mol. The summed E-state index contributed by atoms with van der Waals surface area (Å²) in [5.41, 5.74) is 13.4. The topological polar surface area (TPSA) is 134 Å². The molecule has 0 aliphatic carbocycles. The van der Waals surface area contributed by atoms with E-state index in [1.165, 1.54) is 17.1 Å². The molecule has 0 bridgehead atoms. The minimum atomic E-state index is -0.575. The fraction of sp³-hybridized carbons (Fsp3) is 0.318. The van der Waals surface area contributed by atoms with Crippen molar-refractivity contribution in [2.75, 3.05) is 6.67 Å². The van der Waals surface area contributed by atoms with Gasteiger partial charge in [0.25, 0.3) is 5.89 Å². The number of aliphatic imine (C=N–C) groups is 1. The maximum Gasteiger partial charge on any atom is 0.261 e. The van der Waals surface area contributed by atoms with Crippen LogP contribution in [0, 0.1) is 5.92 Å². The highest BCUT2D eigenvalue weighted by Crippen LogP contribution is 2.38. The standard InChI is InChI=1S/C22H27FN8O/c1-14(2)22(4,18-5-6-19(27-12-18)16(9-24)10-26-15(3)25)21-29-20(32-30-21)17-11-28-31(13-17)8-7-23/h5-6,9-14H,3,7-8,24-25H2,1-2,4H3/b16-9+,26-10-/t22-/m0/s1. The quantitative estimate of drug-likeness (QED) is 0.490. The van der Waals surface area contributed by atoms with Crippen LogP contribution in [-0.4, -0.2) is 37.8 Å². The second-order valence-corrected chi connectivity index (χ2v) is 7.76. The maximum absolute atomic E-state index is 12.6. The maximum atomic E-state index is 12.6. The summed E-state index contributed by atoms with van der Waals surface area (Å²) >= 11 is 0. The van der Waals surface area contributed by atoms with E-state index in [1.807, 2.05) is 19.1 Å². The molecule has 3 aromatic heterocycles. The van der Waals surface area contributed by atoms with Crippen LogP contribution in [0.5, 0.6) is 0 Å².